The monoisotopic (exact) mass is 234 g/mol. The first kappa shape index (κ1) is 11.0. The summed E-state index contributed by atoms with van der Waals surface area (Å²) in [6, 6.07) is 3.97. The smallest absolute Gasteiger partial charge is 0.225 e. The van der Waals surface area contributed by atoms with Gasteiger partial charge in [0.15, 0.2) is 0 Å². The minimum absolute atomic E-state index is 0.600. The fourth-order valence-electron chi connectivity index (χ4n) is 1.40. The lowest BCUT2D eigenvalue weighted by Crippen LogP contribution is -2.26. The molecule has 84 valence electrons. The maximum atomic E-state index is 5.50. The van der Waals surface area contributed by atoms with Crippen LogP contribution >= 0.6 is 11.3 Å². The number of likely N-dealkylation sites (N-methyl/N-ethyl adjacent to an activating group) is 1. The highest BCUT2D eigenvalue weighted by Crippen LogP contribution is 2.20. The second-order valence-corrected chi connectivity index (χ2v) is 4.24. The number of nitrogens with two attached hydrogens (primary N) is 1. The van der Waals surface area contributed by atoms with Gasteiger partial charge in [0, 0.05) is 37.3 Å². The van der Waals surface area contributed by atoms with Crippen molar-refractivity contribution in [2.45, 2.75) is 0 Å². The second kappa shape index (κ2) is 5.05. The van der Waals surface area contributed by atoms with Gasteiger partial charge in [-0.1, -0.05) is 0 Å². The van der Waals surface area contributed by atoms with Gasteiger partial charge in [-0.15, -0.1) is 0 Å². The van der Waals surface area contributed by atoms with E-state index < -0.39 is 0 Å². The van der Waals surface area contributed by atoms with E-state index in [-0.39, 0.29) is 0 Å². The van der Waals surface area contributed by atoms with E-state index >= 15 is 0 Å². The Morgan fingerprint density at radius 2 is 2.31 bits per heavy atom. The van der Waals surface area contributed by atoms with Crippen molar-refractivity contribution < 1.29 is 0 Å². The van der Waals surface area contributed by atoms with Crippen LogP contribution in [0.1, 0.15) is 0 Å². The van der Waals surface area contributed by atoms with E-state index in [9.17, 15) is 0 Å². The largest absolute Gasteiger partial charge is 0.343 e. The average Bonchev–Trinajstić information content (AvgIpc) is 2.83. The SMILES string of the molecule is CN(CCN)c1nccc(-c2ccsc2)n1. The minimum Gasteiger partial charge on any atom is -0.343 e. The Morgan fingerprint density at radius 1 is 1.44 bits per heavy atom. The first-order valence-corrected chi connectivity index (χ1v) is 6.02. The number of thiophene rings is 1. The minimum atomic E-state index is 0.600. The molecule has 0 spiro atoms. The van der Waals surface area contributed by atoms with Gasteiger partial charge >= 0.3 is 0 Å². The number of hydrogen-bond acceptors (Lipinski definition) is 5. The van der Waals surface area contributed by atoms with Crippen molar-refractivity contribution in [1.29, 1.82) is 0 Å². The molecule has 0 radical (unpaired) electrons. The summed E-state index contributed by atoms with van der Waals surface area (Å²) in [4.78, 5) is 10.7. The maximum Gasteiger partial charge on any atom is 0.225 e. The normalized spacial score (nSPS) is 10.4. The summed E-state index contributed by atoms with van der Waals surface area (Å²) in [5.41, 5.74) is 7.59. The molecule has 0 aliphatic carbocycles. The Bertz CT molecular complexity index is 441. The van der Waals surface area contributed by atoms with E-state index in [0.717, 1.165) is 17.8 Å². The van der Waals surface area contributed by atoms with E-state index in [2.05, 4.69) is 21.4 Å². The van der Waals surface area contributed by atoms with Crippen LogP contribution in [0.25, 0.3) is 11.3 Å². The molecule has 0 saturated heterocycles. The van der Waals surface area contributed by atoms with Gasteiger partial charge in [0.2, 0.25) is 5.95 Å². The standard InChI is InChI=1S/C11H14N4S/c1-15(6-4-12)11-13-5-2-10(14-11)9-3-7-16-8-9/h2-3,5,7-8H,4,6,12H2,1H3. The van der Waals surface area contributed by atoms with Crippen molar-refractivity contribution >= 4 is 17.3 Å². The topological polar surface area (TPSA) is 55.0 Å². The van der Waals surface area contributed by atoms with E-state index in [4.69, 9.17) is 5.73 Å². The number of rotatable bonds is 4. The molecule has 0 atom stereocenters. The molecule has 2 aromatic rings. The molecular weight excluding hydrogens is 220 g/mol. The van der Waals surface area contributed by atoms with E-state index in [1.807, 2.05) is 23.4 Å². The van der Waals surface area contributed by atoms with Crippen LogP contribution in [0.4, 0.5) is 5.95 Å². The highest BCUT2D eigenvalue weighted by atomic mass is 32.1. The lowest BCUT2D eigenvalue weighted by molar-refractivity contribution is 0.847. The molecule has 2 heterocycles. The van der Waals surface area contributed by atoms with Crippen LogP contribution < -0.4 is 10.6 Å². The maximum absolute atomic E-state index is 5.50. The van der Waals surface area contributed by atoms with Crippen LogP contribution in [0.5, 0.6) is 0 Å². The van der Waals surface area contributed by atoms with Crippen LogP contribution in [0.3, 0.4) is 0 Å². The third-order valence-electron chi connectivity index (χ3n) is 2.27. The summed E-state index contributed by atoms with van der Waals surface area (Å²) < 4.78 is 0. The Hall–Kier alpha value is -1.46. The van der Waals surface area contributed by atoms with E-state index in [1.54, 1.807) is 17.5 Å². The van der Waals surface area contributed by atoms with Crippen LogP contribution in [0.15, 0.2) is 29.1 Å². The molecule has 0 unspecified atom stereocenters. The molecule has 2 N–H and O–H groups in total. The lowest BCUT2D eigenvalue weighted by Gasteiger charge is -2.15. The second-order valence-electron chi connectivity index (χ2n) is 3.46. The molecule has 0 aliphatic rings. The van der Waals surface area contributed by atoms with E-state index in [1.165, 1.54) is 0 Å². The molecule has 0 aliphatic heterocycles. The summed E-state index contributed by atoms with van der Waals surface area (Å²) in [5.74, 6) is 0.717. The predicted octanol–water partition coefficient (Wildman–Crippen LogP) is 1.60. The first-order chi connectivity index (χ1) is 7.81. The Labute approximate surface area is 98.8 Å². The number of anilines is 1. The molecule has 0 fully saturated rings. The Morgan fingerprint density at radius 3 is 3.00 bits per heavy atom. The summed E-state index contributed by atoms with van der Waals surface area (Å²) >= 11 is 1.66. The molecular formula is C11H14N4S. The van der Waals surface area contributed by atoms with Gasteiger partial charge in [0.25, 0.3) is 0 Å². The molecule has 2 aromatic heterocycles. The van der Waals surface area contributed by atoms with Gasteiger partial charge < -0.3 is 10.6 Å². The van der Waals surface area contributed by atoms with Gasteiger partial charge in [-0.2, -0.15) is 11.3 Å². The molecule has 0 aromatic carbocycles. The highest BCUT2D eigenvalue weighted by Gasteiger charge is 2.05. The molecule has 0 amide bonds. The zero-order chi connectivity index (χ0) is 11.4. The van der Waals surface area contributed by atoms with Crippen LogP contribution in [0.2, 0.25) is 0 Å². The van der Waals surface area contributed by atoms with Crippen molar-refractivity contribution in [2.24, 2.45) is 5.73 Å². The molecule has 2 rings (SSSR count). The number of hydrogen-bond donors (Lipinski definition) is 1. The van der Waals surface area contributed by atoms with Crippen molar-refractivity contribution in [3.8, 4) is 11.3 Å². The first-order valence-electron chi connectivity index (χ1n) is 5.08. The zero-order valence-electron chi connectivity index (χ0n) is 9.13. The predicted molar refractivity (Wildman–Crippen MR) is 67.7 cm³/mol. The Balaban J connectivity index is 2.26. The summed E-state index contributed by atoms with van der Waals surface area (Å²) in [7, 11) is 1.94. The fraction of sp³-hybridized carbons (Fsp3) is 0.273. The summed E-state index contributed by atoms with van der Waals surface area (Å²) in [6.45, 7) is 1.36. The number of nitrogens with zero attached hydrogens (tertiary/aromatic N) is 3. The highest BCUT2D eigenvalue weighted by molar-refractivity contribution is 7.08. The molecule has 4 nitrogen and oxygen atoms in total. The molecule has 0 bridgehead atoms. The lowest BCUT2D eigenvalue weighted by atomic mass is 10.2. The fourth-order valence-corrected chi connectivity index (χ4v) is 2.05. The van der Waals surface area contributed by atoms with Crippen molar-refractivity contribution in [3.05, 3.63) is 29.1 Å². The van der Waals surface area contributed by atoms with Gasteiger partial charge in [0.05, 0.1) is 5.69 Å². The van der Waals surface area contributed by atoms with Crippen molar-refractivity contribution in [3.63, 3.8) is 0 Å². The Kier molecular flexibility index (Phi) is 3.48. The van der Waals surface area contributed by atoms with Gasteiger partial charge in [0.1, 0.15) is 0 Å². The van der Waals surface area contributed by atoms with Crippen molar-refractivity contribution in [2.75, 3.05) is 25.0 Å². The van der Waals surface area contributed by atoms with Gasteiger partial charge in [-0.25, -0.2) is 9.97 Å². The quantitative estimate of drug-likeness (QED) is 0.873. The third-order valence-corrected chi connectivity index (χ3v) is 2.95. The summed E-state index contributed by atoms with van der Waals surface area (Å²) in [5, 5.41) is 4.12. The molecule has 0 saturated carbocycles. The van der Waals surface area contributed by atoms with Crippen LogP contribution in [0, 0.1) is 0 Å². The average molecular weight is 234 g/mol. The number of aromatic nitrogens is 2. The molecule has 5 heteroatoms. The molecule has 16 heavy (non-hydrogen) atoms. The van der Waals surface area contributed by atoms with E-state index in [0.29, 0.717) is 12.5 Å². The van der Waals surface area contributed by atoms with Gasteiger partial charge in [-0.3, -0.25) is 0 Å². The third kappa shape index (κ3) is 2.37. The van der Waals surface area contributed by atoms with Crippen LogP contribution in [-0.4, -0.2) is 30.1 Å². The zero-order valence-corrected chi connectivity index (χ0v) is 9.94. The van der Waals surface area contributed by atoms with Crippen LogP contribution in [-0.2, 0) is 0 Å². The van der Waals surface area contributed by atoms with Gasteiger partial charge in [-0.05, 0) is 17.5 Å². The summed E-state index contributed by atoms with van der Waals surface area (Å²) in [6.07, 6.45) is 1.78. The van der Waals surface area contributed by atoms with Crippen molar-refractivity contribution in [1.82, 2.24) is 9.97 Å².